The molecule has 0 bridgehead atoms. The first-order valence-corrected chi connectivity index (χ1v) is 9.22. The summed E-state index contributed by atoms with van der Waals surface area (Å²) < 4.78 is 10.1. The van der Waals surface area contributed by atoms with E-state index in [4.69, 9.17) is 14.7 Å². The van der Waals surface area contributed by atoms with Crippen molar-refractivity contribution in [1.29, 1.82) is 0 Å². The summed E-state index contributed by atoms with van der Waals surface area (Å²) >= 11 is 0. The van der Waals surface area contributed by atoms with Crippen LogP contribution in [0.1, 0.15) is 46.5 Å². The molecule has 2 unspecified atom stereocenters. The Morgan fingerprint density at radius 2 is 2.04 bits per heavy atom. The van der Waals surface area contributed by atoms with Crippen LogP contribution < -0.4 is 0 Å². The van der Waals surface area contributed by atoms with Crippen molar-refractivity contribution >= 4 is 17.7 Å². The number of ketones is 1. The van der Waals surface area contributed by atoms with E-state index in [2.05, 4.69) is 11.5 Å². The van der Waals surface area contributed by atoms with Gasteiger partial charge in [0, 0.05) is 12.3 Å². The molecule has 7 nitrogen and oxygen atoms in total. The number of Topliss-reactive ketones (excluding diaryl/α,β-unsaturated/α-hetero) is 1. The van der Waals surface area contributed by atoms with Crippen molar-refractivity contribution in [2.45, 2.75) is 52.1 Å². The number of rotatable bonds is 10. The Morgan fingerprint density at radius 3 is 2.61 bits per heavy atom. The number of allylic oxidation sites excluding steroid dienone is 2. The van der Waals surface area contributed by atoms with Crippen molar-refractivity contribution in [3.8, 4) is 0 Å². The topological polar surface area (TPSA) is 99.1 Å². The Morgan fingerprint density at radius 1 is 1.36 bits per heavy atom. The van der Waals surface area contributed by atoms with E-state index in [1.54, 1.807) is 32.1 Å². The highest BCUT2D eigenvalue weighted by atomic mass is 17.1. The van der Waals surface area contributed by atoms with Gasteiger partial charge in [-0.15, -0.1) is 0 Å². The molecular weight excluding hydrogens is 364 g/mol. The van der Waals surface area contributed by atoms with Gasteiger partial charge in [0.2, 0.25) is 0 Å². The zero-order valence-electron chi connectivity index (χ0n) is 17.0. The molecule has 1 heterocycles. The number of hydrogen-bond donors (Lipinski definition) is 1. The lowest BCUT2D eigenvalue weighted by Crippen LogP contribution is -2.37. The van der Waals surface area contributed by atoms with Crippen LogP contribution in [0.25, 0.3) is 0 Å². The molecule has 1 fully saturated rings. The second kappa shape index (κ2) is 10.9. The van der Waals surface area contributed by atoms with Gasteiger partial charge in [0.1, 0.15) is 18.0 Å². The minimum absolute atomic E-state index is 0.0154. The first kappa shape index (κ1) is 23.8. The van der Waals surface area contributed by atoms with Crippen molar-refractivity contribution < 1.29 is 34.0 Å². The Hall–Kier alpha value is -2.25. The minimum Gasteiger partial charge on any atom is -0.469 e. The maximum Gasteiger partial charge on any atom is 0.314 e. The minimum atomic E-state index is -0.879. The van der Waals surface area contributed by atoms with E-state index in [1.807, 2.05) is 0 Å². The molecule has 1 rings (SSSR count). The molecule has 0 radical (unpaired) electrons. The van der Waals surface area contributed by atoms with E-state index in [0.717, 1.165) is 5.57 Å². The molecule has 1 aliphatic heterocycles. The van der Waals surface area contributed by atoms with Gasteiger partial charge in [0.15, 0.2) is 0 Å². The van der Waals surface area contributed by atoms with E-state index < -0.39 is 29.4 Å². The van der Waals surface area contributed by atoms with Gasteiger partial charge in [-0.1, -0.05) is 30.4 Å². The fraction of sp³-hybridized carbons (Fsp3) is 0.571. The summed E-state index contributed by atoms with van der Waals surface area (Å²) in [5, 5.41) is 8.87. The highest BCUT2D eigenvalue weighted by Crippen LogP contribution is 2.37. The largest absolute Gasteiger partial charge is 0.469 e. The van der Waals surface area contributed by atoms with E-state index in [1.165, 1.54) is 14.0 Å². The molecule has 0 aromatic carbocycles. The summed E-state index contributed by atoms with van der Waals surface area (Å²) in [7, 11) is 1.30. The maximum atomic E-state index is 12.4. The molecule has 28 heavy (non-hydrogen) atoms. The average Bonchev–Trinajstić information content (AvgIpc) is 2.63. The van der Waals surface area contributed by atoms with Crippen LogP contribution in [0.2, 0.25) is 0 Å². The van der Waals surface area contributed by atoms with Gasteiger partial charge in [-0.2, -0.15) is 0 Å². The van der Waals surface area contributed by atoms with Gasteiger partial charge in [-0.3, -0.25) is 14.8 Å². The zero-order valence-corrected chi connectivity index (χ0v) is 17.0. The standard InChI is InChI=1S/C21H30O7/c1-14(8-6-9-15(2)22)19-17(12-18(23)26-5)16(13-27-20(19)24)10-7-11-21(3,4)28-25/h7,10-11,17,19,25H,1,6,8-9,12-13H2,2-5H3. The zero-order chi connectivity index (χ0) is 21.3. The molecule has 1 N–H and O–H groups in total. The molecule has 0 amide bonds. The van der Waals surface area contributed by atoms with Gasteiger partial charge >= 0.3 is 11.9 Å². The van der Waals surface area contributed by atoms with Crippen LogP contribution in [0.3, 0.4) is 0 Å². The highest BCUT2D eigenvalue weighted by molar-refractivity contribution is 5.80. The lowest BCUT2D eigenvalue weighted by Gasteiger charge is -2.33. The number of cyclic esters (lactones) is 1. The number of hydrogen-bond acceptors (Lipinski definition) is 7. The summed E-state index contributed by atoms with van der Waals surface area (Å²) in [5.74, 6) is -1.91. The van der Waals surface area contributed by atoms with Crippen LogP contribution in [0.5, 0.6) is 0 Å². The molecule has 0 aliphatic carbocycles. The smallest absolute Gasteiger partial charge is 0.314 e. The van der Waals surface area contributed by atoms with Crippen LogP contribution in [-0.2, 0) is 28.7 Å². The van der Waals surface area contributed by atoms with Gasteiger partial charge in [-0.05, 0) is 39.2 Å². The van der Waals surface area contributed by atoms with Gasteiger partial charge < -0.3 is 14.3 Å². The predicted octanol–water partition coefficient (Wildman–Crippen LogP) is 3.41. The molecule has 1 aliphatic rings. The third-order valence-corrected chi connectivity index (χ3v) is 4.64. The summed E-state index contributed by atoms with van der Waals surface area (Å²) in [5.41, 5.74) is 0.497. The Bertz CT molecular complexity index is 658. The van der Waals surface area contributed by atoms with E-state index in [9.17, 15) is 14.4 Å². The number of methoxy groups -OCH3 is 1. The Balaban J connectivity index is 3.08. The summed E-state index contributed by atoms with van der Waals surface area (Å²) in [4.78, 5) is 39.9. The molecule has 2 atom stereocenters. The third kappa shape index (κ3) is 7.40. The van der Waals surface area contributed by atoms with Gasteiger partial charge in [0.05, 0.1) is 19.4 Å². The van der Waals surface area contributed by atoms with Crippen LogP contribution in [-0.4, -0.2) is 42.3 Å². The second-order valence-electron chi connectivity index (χ2n) is 7.48. The van der Waals surface area contributed by atoms with Crippen LogP contribution >= 0.6 is 0 Å². The molecule has 1 saturated heterocycles. The number of carbonyl (C=O) groups is 3. The fourth-order valence-electron chi connectivity index (χ4n) is 3.02. The molecule has 0 spiro atoms. The van der Waals surface area contributed by atoms with Crippen LogP contribution in [0, 0.1) is 11.8 Å². The maximum absolute atomic E-state index is 12.4. The van der Waals surface area contributed by atoms with Gasteiger partial charge in [0.25, 0.3) is 0 Å². The molecule has 0 aromatic rings. The summed E-state index contributed by atoms with van der Waals surface area (Å²) in [6.45, 7) is 8.94. The normalized spacial score (nSPS) is 21.6. The van der Waals surface area contributed by atoms with Crippen molar-refractivity contribution in [1.82, 2.24) is 0 Å². The molecule has 0 aromatic heterocycles. The van der Waals surface area contributed by atoms with Crippen molar-refractivity contribution in [3.05, 3.63) is 36.0 Å². The Labute approximate surface area is 166 Å². The van der Waals surface area contributed by atoms with Crippen LogP contribution in [0.15, 0.2) is 36.0 Å². The first-order valence-electron chi connectivity index (χ1n) is 9.22. The average molecular weight is 394 g/mol. The lowest BCUT2D eigenvalue weighted by molar-refractivity contribution is -0.297. The molecular formula is C21H30O7. The lowest BCUT2D eigenvalue weighted by atomic mass is 9.76. The van der Waals surface area contributed by atoms with E-state index in [-0.39, 0.29) is 18.8 Å². The van der Waals surface area contributed by atoms with E-state index >= 15 is 0 Å². The first-order chi connectivity index (χ1) is 13.1. The van der Waals surface area contributed by atoms with Crippen molar-refractivity contribution in [3.63, 3.8) is 0 Å². The Kier molecular flexibility index (Phi) is 9.28. The SMILES string of the molecule is C=C(CCCC(C)=O)C1C(=O)OCC(=CC=CC(C)(C)OO)C1CC(=O)OC. The summed E-state index contributed by atoms with van der Waals surface area (Å²) in [6.07, 6.45) is 6.57. The van der Waals surface area contributed by atoms with Crippen LogP contribution in [0.4, 0.5) is 0 Å². The van der Waals surface area contributed by atoms with E-state index in [0.29, 0.717) is 24.8 Å². The fourth-order valence-corrected chi connectivity index (χ4v) is 3.02. The quantitative estimate of drug-likeness (QED) is 0.262. The monoisotopic (exact) mass is 394 g/mol. The van der Waals surface area contributed by atoms with Gasteiger partial charge in [-0.25, -0.2) is 4.89 Å². The number of esters is 2. The van der Waals surface area contributed by atoms with Crippen molar-refractivity contribution in [2.24, 2.45) is 11.8 Å². The summed E-state index contributed by atoms with van der Waals surface area (Å²) in [6, 6.07) is 0. The predicted molar refractivity (Wildman–Crippen MR) is 103 cm³/mol. The number of ether oxygens (including phenoxy) is 2. The molecule has 156 valence electrons. The molecule has 7 heteroatoms. The van der Waals surface area contributed by atoms with Crippen molar-refractivity contribution in [2.75, 3.05) is 13.7 Å². The second-order valence-corrected chi connectivity index (χ2v) is 7.48. The third-order valence-electron chi connectivity index (χ3n) is 4.64. The number of carbonyl (C=O) groups excluding carboxylic acids is 3. The highest BCUT2D eigenvalue weighted by Gasteiger charge is 2.39. The molecule has 0 saturated carbocycles.